The number of benzene rings is 1. The first-order valence-corrected chi connectivity index (χ1v) is 14.6. The summed E-state index contributed by atoms with van der Waals surface area (Å²) < 4.78 is 11.2. The van der Waals surface area contributed by atoms with Crippen molar-refractivity contribution >= 4 is 23.5 Å². The van der Waals surface area contributed by atoms with E-state index in [1.54, 1.807) is 57.2 Å². The van der Waals surface area contributed by atoms with E-state index in [1.807, 2.05) is 38.1 Å². The first kappa shape index (κ1) is 35.2. The lowest BCUT2D eigenvalue weighted by Gasteiger charge is -2.29. The molecule has 2 bridgehead atoms. The van der Waals surface area contributed by atoms with Crippen molar-refractivity contribution in [1.82, 2.24) is 5.32 Å². The minimum Gasteiger partial charge on any atom is -0.508 e. The molecule has 1 aromatic carbocycles. The molecule has 0 saturated carbocycles. The molecule has 0 fully saturated rings. The summed E-state index contributed by atoms with van der Waals surface area (Å²) in [6, 6.07) is 4.07. The number of ether oxygens (including phenoxy) is 2. The Morgan fingerprint density at radius 1 is 1.16 bits per heavy atom. The van der Waals surface area contributed by atoms with Crippen molar-refractivity contribution in [3.63, 3.8) is 0 Å². The number of esters is 1. The lowest BCUT2D eigenvalue weighted by atomic mass is 9.90. The number of anilines is 1. The van der Waals surface area contributed by atoms with E-state index in [4.69, 9.17) is 9.47 Å². The van der Waals surface area contributed by atoms with E-state index in [1.165, 1.54) is 13.2 Å². The zero-order valence-corrected chi connectivity index (χ0v) is 26.0. The van der Waals surface area contributed by atoms with Gasteiger partial charge in [0.2, 0.25) is 11.8 Å². The Morgan fingerprint density at radius 2 is 1.88 bits per heavy atom. The topological polar surface area (TPSA) is 134 Å². The van der Waals surface area contributed by atoms with Gasteiger partial charge >= 0.3 is 5.97 Å². The molecular weight excluding hydrogens is 548 g/mol. The van der Waals surface area contributed by atoms with Crippen LogP contribution < -0.4 is 10.6 Å². The monoisotopic (exact) mass is 594 g/mol. The summed E-state index contributed by atoms with van der Waals surface area (Å²) in [5, 5.41) is 26.9. The van der Waals surface area contributed by atoms with E-state index >= 15 is 0 Å². The second kappa shape index (κ2) is 17.9. The van der Waals surface area contributed by atoms with Crippen LogP contribution in [-0.2, 0) is 30.3 Å². The van der Waals surface area contributed by atoms with Crippen molar-refractivity contribution < 1.29 is 34.1 Å². The molecule has 5 atom stereocenters. The number of rotatable bonds is 5. The van der Waals surface area contributed by atoms with Crippen molar-refractivity contribution in [2.75, 3.05) is 12.4 Å². The molecule has 1 aliphatic rings. The highest BCUT2D eigenvalue weighted by atomic mass is 16.5. The number of hydrogen-bond donors (Lipinski definition) is 4. The number of amides is 2. The van der Waals surface area contributed by atoms with Gasteiger partial charge in [0.15, 0.2) is 0 Å². The third kappa shape index (κ3) is 12.1. The van der Waals surface area contributed by atoms with Gasteiger partial charge in [-0.15, -0.1) is 0 Å². The molecule has 0 aromatic heterocycles. The van der Waals surface area contributed by atoms with Crippen molar-refractivity contribution in [3.05, 3.63) is 83.5 Å². The van der Waals surface area contributed by atoms with Crippen molar-refractivity contribution in [2.24, 2.45) is 5.92 Å². The highest BCUT2D eigenvalue weighted by molar-refractivity contribution is 5.95. The van der Waals surface area contributed by atoms with E-state index in [0.29, 0.717) is 30.5 Å². The van der Waals surface area contributed by atoms with Crippen LogP contribution in [0.2, 0.25) is 0 Å². The lowest BCUT2D eigenvalue weighted by molar-refractivity contribution is -0.156. The van der Waals surface area contributed by atoms with Crippen LogP contribution in [0.1, 0.15) is 59.4 Å². The number of methoxy groups -OCH3 is 1. The first-order valence-electron chi connectivity index (χ1n) is 14.6. The molecule has 234 valence electrons. The predicted molar refractivity (Wildman–Crippen MR) is 168 cm³/mol. The largest absolute Gasteiger partial charge is 0.508 e. The Bertz CT molecular complexity index is 1260. The van der Waals surface area contributed by atoms with Crippen molar-refractivity contribution in [3.8, 4) is 5.75 Å². The standard InChI is InChI=1S/C34H46N2O7/c1-7-22(2)33(40)35-25(5)34(41)43-30-17-12-10-8-9-11-16-29(42-6)21-31(38)36-27-18-26(19-28(37)20-27)15-13-14-23(3)32(39)24(30)4/h7-12,14,16,18-20,24-25,29-30,32,37,39H,13,15,17,21H2,1-6H3,(H,35,40)(H,36,38). The van der Waals surface area contributed by atoms with Gasteiger partial charge in [0.25, 0.3) is 0 Å². The number of carbonyl (C=O) groups excluding carboxylic acids is 3. The number of phenolic OH excluding ortho intramolecular Hbond substituents is 1. The highest BCUT2D eigenvalue weighted by Crippen LogP contribution is 2.24. The van der Waals surface area contributed by atoms with Crippen LogP contribution in [0.25, 0.3) is 0 Å². The Kier molecular flexibility index (Phi) is 14.7. The Hall–Kier alpha value is -3.95. The van der Waals surface area contributed by atoms with Gasteiger partial charge < -0.3 is 30.3 Å². The van der Waals surface area contributed by atoms with E-state index in [2.05, 4.69) is 10.6 Å². The van der Waals surface area contributed by atoms with E-state index in [0.717, 1.165) is 11.1 Å². The van der Waals surface area contributed by atoms with Crippen LogP contribution in [0, 0.1) is 5.92 Å². The zero-order valence-electron chi connectivity index (χ0n) is 26.0. The molecule has 0 aliphatic carbocycles. The fourth-order valence-corrected chi connectivity index (χ4v) is 4.45. The van der Waals surface area contributed by atoms with Gasteiger partial charge in [-0.1, -0.05) is 55.5 Å². The predicted octanol–water partition coefficient (Wildman–Crippen LogP) is 5.07. The zero-order chi connectivity index (χ0) is 31.9. The fraction of sp³-hybridized carbons (Fsp3) is 0.441. The normalized spacial score (nSPS) is 23.4. The average molecular weight is 595 g/mol. The van der Waals surface area contributed by atoms with Crippen LogP contribution in [0.3, 0.4) is 0 Å². The van der Waals surface area contributed by atoms with Crippen LogP contribution in [0.5, 0.6) is 5.75 Å². The van der Waals surface area contributed by atoms with E-state index in [-0.39, 0.29) is 24.0 Å². The van der Waals surface area contributed by atoms with Gasteiger partial charge in [-0.2, -0.15) is 0 Å². The van der Waals surface area contributed by atoms with Crippen LogP contribution >= 0.6 is 0 Å². The summed E-state index contributed by atoms with van der Waals surface area (Å²) in [7, 11) is 1.53. The summed E-state index contributed by atoms with van der Waals surface area (Å²) in [5.74, 6) is -1.60. The summed E-state index contributed by atoms with van der Waals surface area (Å²) in [6.07, 6.45) is 13.9. The van der Waals surface area contributed by atoms with Crippen LogP contribution in [0.4, 0.5) is 5.69 Å². The first-order chi connectivity index (χ1) is 20.4. The van der Waals surface area contributed by atoms with E-state index in [9.17, 15) is 24.6 Å². The van der Waals surface area contributed by atoms with Crippen LogP contribution in [0.15, 0.2) is 78.0 Å². The maximum absolute atomic E-state index is 12.9. The number of fused-ring (bicyclic) bond motifs is 2. The number of phenols is 1. The van der Waals surface area contributed by atoms with Crippen molar-refractivity contribution in [1.29, 1.82) is 0 Å². The number of nitrogens with one attached hydrogen (secondary N) is 2. The Balaban J connectivity index is 2.32. The SMILES string of the molecule is CC=C(C)C(=O)NC(C)C(=O)OC1CC=CC=CC=CC(OC)CC(=O)Nc2cc(O)cc(c2)CCC=C(C)C(O)C1C. The molecule has 1 aromatic rings. The second-order valence-corrected chi connectivity index (χ2v) is 10.8. The number of carbonyl (C=O) groups is 3. The molecular formula is C34H46N2O7. The smallest absolute Gasteiger partial charge is 0.328 e. The number of aliphatic hydroxyl groups is 1. The van der Waals surface area contributed by atoms with Gasteiger partial charge in [0.1, 0.15) is 17.9 Å². The number of aryl methyl sites for hydroxylation is 1. The fourth-order valence-electron chi connectivity index (χ4n) is 4.45. The van der Waals surface area contributed by atoms with Crippen LogP contribution in [-0.4, -0.2) is 59.5 Å². The molecule has 1 heterocycles. The number of hydrogen-bond acceptors (Lipinski definition) is 7. The van der Waals surface area contributed by atoms with Gasteiger partial charge in [0.05, 0.1) is 18.6 Å². The molecule has 0 radical (unpaired) electrons. The molecule has 2 amide bonds. The lowest BCUT2D eigenvalue weighted by Crippen LogP contribution is -2.43. The molecule has 0 saturated heterocycles. The maximum atomic E-state index is 12.9. The quantitative estimate of drug-likeness (QED) is 0.213. The summed E-state index contributed by atoms with van der Waals surface area (Å²) in [4.78, 5) is 37.8. The number of aromatic hydroxyl groups is 1. The highest BCUT2D eigenvalue weighted by Gasteiger charge is 2.30. The second-order valence-electron chi connectivity index (χ2n) is 10.8. The molecule has 43 heavy (non-hydrogen) atoms. The molecule has 0 spiro atoms. The number of allylic oxidation sites excluding steroid dienone is 6. The minimum atomic E-state index is -0.890. The molecule has 1 aliphatic heterocycles. The summed E-state index contributed by atoms with van der Waals surface area (Å²) in [6.45, 7) is 8.62. The maximum Gasteiger partial charge on any atom is 0.328 e. The third-order valence-electron chi connectivity index (χ3n) is 7.32. The van der Waals surface area contributed by atoms with Crippen molar-refractivity contribution in [2.45, 2.75) is 84.7 Å². The molecule has 4 N–H and O–H groups in total. The average Bonchev–Trinajstić information content (AvgIpc) is 2.96. The third-order valence-corrected chi connectivity index (χ3v) is 7.32. The Labute approximate surface area is 255 Å². The van der Waals surface area contributed by atoms with E-state index < -0.39 is 36.2 Å². The summed E-state index contributed by atoms with van der Waals surface area (Å²) in [5.41, 5.74) is 2.52. The minimum absolute atomic E-state index is 0.0392. The van der Waals surface area contributed by atoms with Gasteiger partial charge in [-0.05, 0) is 63.8 Å². The van der Waals surface area contributed by atoms with Gasteiger partial charge in [0, 0.05) is 36.8 Å². The molecule has 9 heteroatoms. The van der Waals surface area contributed by atoms with Gasteiger partial charge in [-0.25, -0.2) is 4.79 Å². The molecule has 2 rings (SSSR count). The Morgan fingerprint density at radius 3 is 2.58 bits per heavy atom. The molecule has 9 nitrogen and oxygen atoms in total. The summed E-state index contributed by atoms with van der Waals surface area (Å²) >= 11 is 0. The van der Waals surface area contributed by atoms with Gasteiger partial charge in [-0.3, -0.25) is 9.59 Å². The number of aliphatic hydroxyl groups excluding tert-OH is 1. The molecule has 5 unspecified atom stereocenters.